The zero-order valence-electron chi connectivity index (χ0n) is 11.7. The number of amides is 1. The van der Waals surface area contributed by atoms with Gasteiger partial charge in [0.1, 0.15) is 6.54 Å². The highest BCUT2D eigenvalue weighted by Crippen LogP contribution is 2.16. The molecule has 6 nitrogen and oxygen atoms in total. The van der Waals surface area contributed by atoms with Crippen molar-refractivity contribution in [3.8, 4) is 0 Å². The molecule has 1 aliphatic heterocycles. The Labute approximate surface area is 121 Å². The third-order valence-electron chi connectivity index (χ3n) is 3.92. The largest absolute Gasteiger partial charge is 0.420 e. The minimum atomic E-state index is -0.537. The normalized spacial score (nSPS) is 15.6. The number of rotatable bonds is 3. The number of nitrogens with zero attached hydrogens (tertiary/aromatic N) is 2. The molecule has 1 amide bonds. The highest BCUT2D eigenvalue weighted by Gasteiger charge is 2.19. The third kappa shape index (κ3) is 2.71. The minimum Gasteiger partial charge on any atom is -0.408 e. The van der Waals surface area contributed by atoms with Gasteiger partial charge in [-0.3, -0.25) is 9.36 Å². The molecule has 21 heavy (non-hydrogen) atoms. The van der Waals surface area contributed by atoms with Crippen molar-refractivity contribution in [2.45, 2.75) is 32.4 Å². The number of aromatic nitrogens is 1. The van der Waals surface area contributed by atoms with Crippen LogP contribution < -0.4 is 5.76 Å². The van der Waals surface area contributed by atoms with E-state index in [-0.39, 0.29) is 19.1 Å². The van der Waals surface area contributed by atoms with Crippen molar-refractivity contribution >= 4 is 17.0 Å². The van der Waals surface area contributed by atoms with Crippen LogP contribution in [0.3, 0.4) is 0 Å². The van der Waals surface area contributed by atoms with E-state index in [4.69, 9.17) is 4.42 Å². The molecule has 0 aliphatic carbocycles. The average molecular weight is 290 g/mol. The number of oxazole rings is 1. The van der Waals surface area contributed by atoms with E-state index < -0.39 is 5.76 Å². The van der Waals surface area contributed by atoms with E-state index in [1.807, 2.05) is 0 Å². The Morgan fingerprint density at radius 1 is 1.24 bits per heavy atom. The zero-order chi connectivity index (χ0) is 14.8. The van der Waals surface area contributed by atoms with E-state index in [1.54, 1.807) is 23.1 Å². The highest BCUT2D eigenvalue weighted by atomic mass is 16.4. The van der Waals surface area contributed by atoms with Crippen LogP contribution in [0.4, 0.5) is 0 Å². The number of carbonyl (C=O) groups excluding carboxylic acids is 1. The van der Waals surface area contributed by atoms with Gasteiger partial charge in [-0.1, -0.05) is 6.07 Å². The Hall–Kier alpha value is -2.08. The third-order valence-corrected chi connectivity index (χ3v) is 3.92. The fourth-order valence-corrected chi connectivity index (χ4v) is 2.73. The maximum Gasteiger partial charge on any atom is 0.420 e. The molecule has 0 saturated carbocycles. The van der Waals surface area contributed by atoms with Gasteiger partial charge in [-0.2, -0.15) is 0 Å². The second-order valence-electron chi connectivity index (χ2n) is 5.36. The van der Waals surface area contributed by atoms with Gasteiger partial charge in [-0.25, -0.2) is 4.79 Å². The first-order valence-corrected chi connectivity index (χ1v) is 7.20. The van der Waals surface area contributed by atoms with Gasteiger partial charge in [0.05, 0.1) is 12.1 Å². The van der Waals surface area contributed by atoms with Gasteiger partial charge in [-0.15, -0.1) is 0 Å². The van der Waals surface area contributed by atoms with Crippen LogP contribution in [0.25, 0.3) is 11.1 Å². The molecule has 1 aliphatic rings. The van der Waals surface area contributed by atoms with Crippen LogP contribution in [0.5, 0.6) is 0 Å². The van der Waals surface area contributed by atoms with Gasteiger partial charge in [-0.05, 0) is 37.0 Å². The number of likely N-dealkylation sites (tertiary alicyclic amines) is 1. The van der Waals surface area contributed by atoms with Gasteiger partial charge in [0.15, 0.2) is 5.58 Å². The minimum absolute atomic E-state index is 0.0132. The molecule has 2 aromatic rings. The Bertz CT molecular complexity index is 710. The maximum atomic E-state index is 12.3. The molecule has 1 fully saturated rings. The predicted octanol–water partition coefficient (Wildman–Crippen LogP) is 1.10. The lowest BCUT2D eigenvalue weighted by molar-refractivity contribution is -0.132. The molecule has 0 radical (unpaired) electrons. The van der Waals surface area contributed by atoms with Crippen LogP contribution in [-0.2, 0) is 17.9 Å². The molecule has 3 rings (SSSR count). The van der Waals surface area contributed by atoms with Gasteiger partial charge in [0.2, 0.25) is 5.91 Å². The monoisotopic (exact) mass is 290 g/mol. The van der Waals surface area contributed by atoms with Crippen molar-refractivity contribution in [3.05, 3.63) is 34.3 Å². The Kier molecular flexibility index (Phi) is 3.79. The molecule has 0 bridgehead atoms. The van der Waals surface area contributed by atoms with Crippen molar-refractivity contribution in [2.24, 2.45) is 0 Å². The second kappa shape index (κ2) is 5.73. The molecule has 1 saturated heterocycles. The Morgan fingerprint density at radius 3 is 2.71 bits per heavy atom. The van der Waals surface area contributed by atoms with E-state index in [9.17, 15) is 14.7 Å². The van der Waals surface area contributed by atoms with Crippen LogP contribution >= 0.6 is 0 Å². The fraction of sp³-hybridized carbons (Fsp3) is 0.467. The number of piperidine rings is 1. The van der Waals surface area contributed by atoms with Crippen molar-refractivity contribution in [3.63, 3.8) is 0 Å². The number of hydrogen-bond acceptors (Lipinski definition) is 4. The molecule has 1 aromatic heterocycles. The molecule has 0 atom stereocenters. The van der Waals surface area contributed by atoms with Crippen molar-refractivity contribution in [1.29, 1.82) is 0 Å². The molecule has 2 heterocycles. The summed E-state index contributed by atoms with van der Waals surface area (Å²) in [5.74, 6) is -0.598. The van der Waals surface area contributed by atoms with E-state index >= 15 is 0 Å². The number of hydrogen-bond donors (Lipinski definition) is 1. The summed E-state index contributed by atoms with van der Waals surface area (Å²) in [7, 11) is 0. The molecular weight excluding hydrogens is 272 g/mol. The predicted molar refractivity (Wildman–Crippen MR) is 76.8 cm³/mol. The molecule has 1 aromatic carbocycles. The van der Waals surface area contributed by atoms with E-state index in [2.05, 4.69) is 0 Å². The summed E-state index contributed by atoms with van der Waals surface area (Å²) in [4.78, 5) is 26.0. The van der Waals surface area contributed by atoms with Crippen LogP contribution in [0, 0.1) is 0 Å². The topological polar surface area (TPSA) is 75.7 Å². The van der Waals surface area contributed by atoms with Crippen molar-refractivity contribution in [2.75, 3.05) is 13.1 Å². The van der Waals surface area contributed by atoms with E-state index in [0.29, 0.717) is 16.7 Å². The first-order valence-electron chi connectivity index (χ1n) is 7.20. The van der Waals surface area contributed by atoms with Crippen molar-refractivity contribution in [1.82, 2.24) is 9.47 Å². The van der Waals surface area contributed by atoms with Crippen LogP contribution in [0.2, 0.25) is 0 Å². The lowest BCUT2D eigenvalue weighted by Crippen LogP contribution is -2.39. The standard InChI is InChI=1S/C15H18N2O4/c18-10-11-4-5-13-12(8-11)17(15(20)21-13)9-14(19)16-6-2-1-3-7-16/h4-5,8,18H,1-3,6-7,9-10H2. The highest BCUT2D eigenvalue weighted by molar-refractivity contribution is 5.80. The molecule has 0 unspecified atom stereocenters. The fourth-order valence-electron chi connectivity index (χ4n) is 2.73. The number of fused-ring (bicyclic) bond motifs is 1. The number of aliphatic hydroxyl groups is 1. The van der Waals surface area contributed by atoms with E-state index in [1.165, 1.54) is 4.57 Å². The molecule has 112 valence electrons. The van der Waals surface area contributed by atoms with Crippen LogP contribution in [0.1, 0.15) is 24.8 Å². The summed E-state index contributed by atoms with van der Waals surface area (Å²) in [5, 5.41) is 9.19. The van der Waals surface area contributed by atoms with Crippen LogP contribution in [0.15, 0.2) is 27.4 Å². The number of aliphatic hydroxyl groups excluding tert-OH is 1. The smallest absolute Gasteiger partial charge is 0.408 e. The summed E-state index contributed by atoms with van der Waals surface area (Å²) in [5.41, 5.74) is 1.67. The van der Waals surface area contributed by atoms with Gasteiger partial charge in [0, 0.05) is 13.1 Å². The summed E-state index contributed by atoms with van der Waals surface area (Å²) in [6.07, 6.45) is 3.18. The second-order valence-corrected chi connectivity index (χ2v) is 5.36. The van der Waals surface area contributed by atoms with Gasteiger partial charge in [0.25, 0.3) is 0 Å². The quantitative estimate of drug-likeness (QED) is 0.918. The Morgan fingerprint density at radius 2 is 2.00 bits per heavy atom. The SMILES string of the molecule is O=C(Cn1c(=O)oc2ccc(CO)cc21)N1CCCCC1. The lowest BCUT2D eigenvalue weighted by atomic mass is 10.1. The maximum absolute atomic E-state index is 12.3. The summed E-state index contributed by atoms with van der Waals surface area (Å²) < 4.78 is 6.48. The number of carbonyl (C=O) groups is 1. The Balaban J connectivity index is 1.90. The first kappa shape index (κ1) is 13.9. The van der Waals surface area contributed by atoms with E-state index in [0.717, 1.165) is 32.4 Å². The molecular formula is C15H18N2O4. The average Bonchev–Trinajstić information content (AvgIpc) is 2.83. The van der Waals surface area contributed by atoms with Crippen LogP contribution in [-0.4, -0.2) is 33.6 Å². The molecule has 1 N–H and O–H groups in total. The zero-order valence-corrected chi connectivity index (χ0v) is 11.7. The van der Waals surface area contributed by atoms with Gasteiger partial charge < -0.3 is 14.4 Å². The molecule has 6 heteroatoms. The van der Waals surface area contributed by atoms with Crippen molar-refractivity contribution < 1.29 is 14.3 Å². The number of benzene rings is 1. The first-order chi connectivity index (χ1) is 10.2. The summed E-state index contributed by atoms with van der Waals surface area (Å²) in [6.45, 7) is 1.38. The van der Waals surface area contributed by atoms with Gasteiger partial charge >= 0.3 is 5.76 Å². The lowest BCUT2D eigenvalue weighted by Gasteiger charge is -2.26. The molecule has 0 spiro atoms. The summed E-state index contributed by atoms with van der Waals surface area (Å²) >= 11 is 0. The summed E-state index contributed by atoms with van der Waals surface area (Å²) in [6, 6.07) is 5.02.